The van der Waals surface area contributed by atoms with Crippen molar-refractivity contribution in [3.05, 3.63) is 35.5 Å². The standard InChI is InChI=1S/C23H27F2N3O3S/c1-32-15-2-6-28(7-3-15)22(29)17-14-26-20-13-19(25)18(24)12-16(20)21(17)27-8-4-23(5-9-27)30-10-11-31-23/h12-15H,2-11H2,1H3. The fourth-order valence-corrected chi connectivity index (χ4v) is 5.67. The maximum absolute atomic E-state index is 14.2. The fourth-order valence-electron chi connectivity index (χ4n) is 4.99. The molecule has 1 aromatic carbocycles. The van der Waals surface area contributed by atoms with Gasteiger partial charge in [-0.15, -0.1) is 0 Å². The van der Waals surface area contributed by atoms with Gasteiger partial charge in [-0.3, -0.25) is 9.78 Å². The number of carbonyl (C=O) groups excluding carboxylic acids is 1. The molecule has 0 N–H and O–H groups in total. The number of ether oxygens (including phenoxy) is 2. The van der Waals surface area contributed by atoms with E-state index in [2.05, 4.69) is 16.1 Å². The first-order valence-corrected chi connectivity index (χ1v) is 12.4. The molecule has 0 saturated carbocycles. The molecular weight excluding hydrogens is 436 g/mol. The molecule has 3 saturated heterocycles. The van der Waals surface area contributed by atoms with Crippen molar-refractivity contribution < 1.29 is 23.0 Å². The number of hydrogen-bond acceptors (Lipinski definition) is 6. The second-order valence-corrected chi connectivity index (χ2v) is 9.76. The summed E-state index contributed by atoms with van der Waals surface area (Å²) >= 11 is 1.84. The van der Waals surface area contributed by atoms with E-state index in [1.165, 1.54) is 6.20 Å². The van der Waals surface area contributed by atoms with Gasteiger partial charge in [0.2, 0.25) is 0 Å². The number of rotatable bonds is 3. The first-order valence-electron chi connectivity index (χ1n) is 11.1. The number of halogens is 2. The van der Waals surface area contributed by atoms with Gasteiger partial charge in [-0.1, -0.05) is 0 Å². The maximum Gasteiger partial charge on any atom is 0.257 e. The number of thioether (sulfide) groups is 1. The van der Waals surface area contributed by atoms with Crippen molar-refractivity contribution in [3.63, 3.8) is 0 Å². The van der Waals surface area contributed by atoms with Crippen LogP contribution in [0.4, 0.5) is 14.5 Å². The molecule has 4 heterocycles. The third-order valence-electron chi connectivity index (χ3n) is 6.83. The van der Waals surface area contributed by atoms with Gasteiger partial charge in [-0.05, 0) is 25.2 Å². The molecule has 3 fully saturated rings. The number of nitrogens with zero attached hydrogens (tertiary/aromatic N) is 3. The normalized spacial score (nSPS) is 21.6. The van der Waals surface area contributed by atoms with E-state index in [1.807, 2.05) is 16.7 Å². The van der Waals surface area contributed by atoms with Crippen LogP contribution in [0.25, 0.3) is 10.9 Å². The zero-order valence-corrected chi connectivity index (χ0v) is 18.9. The third kappa shape index (κ3) is 3.95. The van der Waals surface area contributed by atoms with Gasteiger partial charge in [0, 0.05) is 61.9 Å². The van der Waals surface area contributed by atoms with Crippen LogP contribution in [0.3, 0.4) is 0 Å². The van der Waals surface area contributed by atoms with Gasteiger partial charge in [0.25, 0.3) is 5.91 Å². The third-order valence-corrected chi connectivity index (χ3v) is 7.97. The minimum Gasteiger partial charge on any atom is -0.370 e. The summed E-state index contributed by atoms with van der Waals surface area (Å²) in [5.74, 6) is -2.56. The smallest absolute Gasteiger partial charge is 0.257 e. The first kappa shape index (κ1) is 21.9. The topological polar surface area (TPSA) is 54.9 Å². The monoisotopic (exact) mass is 463 g/mol. The van der Waals surface area contributed by atoms with Crippen LogP contribution in [0, 0.1) is 11.6 Å². The lowest BCUT2D eigenvalue weighted by atomic mass is 9.99. The summed E-state index contributed by atoms with van der Waals surface area (Å²) in [5, 5.41) is 1.02. The van der Waals surface area contributed by atoms with Crippen LogP contribution in [0.15, 0.2) is 18.3 Å². The van der Waals surface area contributed by atoms with E-state index in [0.717, 1.165) is 25.0 Å². The van der Waals surface area contributed by atoms with Crippen molar-refractivity contribution in [1.29, 1.82) is 0 Å². The van der Waals surface area contributed by atoms with Crippen LogP contribution in [-0.2, 0) is 9.47 Å². The van der Waals surface area contributed by atoms with Crippen LogP contribution in [0.2, 0.25) is 0 Å². The van der Waals surface area contributed by atoms with Crippen molar-refractivity contribution in [2.75, 3.05) is 50.5 Å². The van der Waals surface area contributed by atoms with Crippen LogP contribution in [0.5, 0.6) is 0 Å². The molecular formula is C23H27F2N3O3S. The highest BCUT2D eigenvalue weighted by Gasteiger charge is 2.41. The summed E-state index contributed by atoms with van der Waals surface area (Å²) in [6.45, 7) is 3.71. The van der Waals surface area contributed by atoms with E-state index in [9.17, 15) is 13.6 Å². The first-order chi connectivity index (χ1) is 15.5. The van der Waals surface area contributed by atoms with Gasteiger partial charge in [0.15, 0.2) is 17.4 Å². The number of pyridine rings is 1. The highest BCUT2D eigenvalue weighted by molar-refractivity contribution is 7.99. The Hall–Kier alpha value is -1.97. The molecule has 32 heavy (non-hydrogen) atoms. The fraction of sp³-hybridized carbons (Fsp3) is 0.565. The Bertz CT molecular complexity index is 1010. The molecule has 1 aromatic heterocycles. The molecule has 0 bridgehead atoms. The Kier molecular flexibility index (Phi) is 5.98. The molecule has 9 heteroatoms. The summed E-state index contributed by atoms with van der Waals surface area (Å²) in [6, 6.07) is 2.26. The summed E-state index contributed by atoms with van der Waals surface area (Å²) in [7, 11) is 0. The summed E-state index contributed by atoms with van der Waals surface area (Å²) in [5.41, 5.74) is 1.40. The van der Waals surface area contributed by atoms with E-state index in [-0.39, 0.29) is 5.91 Å². The Morgan fingerprint density at radius 2 is 1.75 bits per heavy atom. The van der Waals surface area contributed by atoms with Crippen LogP contribution in [0.1, 0.15) is 36.0 Å². The molecule has 2 aromatic rings. The van der Waals surface area contributed by atoms with Crippen molar-refractivity contribution in [2.45, 2.75) is 36.7 Å². The molecule has 1 spiro atoms. The quantitative estimate of drug-likeness (QED) is 0.690. The summed E-state index contributed by atoms with van der Waals surface area (Å²) < 4.78 is 39.8. The second-order valence-electron chi connectivity index (χ2n) is 8.63. The Labute approximate surface area is 190 Å². The molecule has 3 aliphatic rings. The largest absolute Gasteiger partial charge is 0.370 e. The highest BCUT2D eigenvalue weighted by Crippen LogP contribution is 2.38. The van der Waals surface area contributed by atoms with E-state index < -0.39 is 17.4 Å². The van der Waals surface area contributed by atoms with Crippen molar-refractivity contribution in [2.24, 2.45) is 0 Å². The number of benzene rings is 1. The number of amides is 1. The lowest BCUT2D eigenvalue weighted by Crippen LogP contribution is -2.46. The number of fused-ring (bicyclic) bond motifs is 1. The van der Waals surface area contributed by atoms with Gasteiger partial charge in [0.05, 0.1) is 30.0 Å². The number of carbonyl (C=O) groups is 1. The molecule has 5 rings (SSSR count). The van der Waals surface area contributed by atoms with Gasteiger partial charge in [-0.25, -0.2) is 8.78 Å². The molecule has 172 valence electrons. The number of piperidine rings is 2. The van der Waals surface area contributed by atoms with Crippen molar-refractivity contribution in [1.82, 2.24) is 9.88 Å². The van der Waals surface area contributed by atoms with Crippen molar-refractivity contribution >= 4 is 34.3 Å². The van der Waals surface area contributed by atoms with Gasteiger partial charge in [-0.2, -0.15) is 11.8 Å². The summed E-state index contributed by atoms with van der Waals surface area (Å²) in [6.07, 6.45) is 6.81. The molecule has 0 aliphatic carbocycles. The molecule has 0 atom stereocenters. The lowest BCUT2D eigenvalue weighted by Gasteiger charge is -2.40. The van der Waals surface area contributed by atoms with E-state index >= 15 is 0 Å². The average Bonchev–Trinajstić information content (AvgIpc) is 3.27. The zero-order chi connectivity index (χ0) is 22.3. The van der Waals surface area contributed by atoms with Gasteiger partial charge in [0.1, 0.15) is 0 Å². The average molecular weight is 464 g/mol. The van der Waals surface area contributed by atoms with E-state index in [1.54, 1.807) is 0 Å². The summed E-state index contributed by atoms with van der Waals surface area (Å²) in [4.78, 5) is 21.8. The SMILES string of the molecule is CSC1CCN(C(=O)c2cnc3cc(F)c(F)cc3c2N2CCC3(CC2)OCCO3)CC1. The van der Waals surface area contributed by atoms with E-state index in [0.29, 0.717) is 79.6 Å². The highest BCUT2D eigenvalue weighted by atomic mass is 32.2. The van der Waals surface area contributed by atoms with Gasteiger partial charge >= 0.3 is 0 Å². The van der Waals surface area contributed by atoms with Crippen LogP contribution in [-0.4, -0.2) is 72.5 Å². The maximum atomic E-state index is 14.2. The molecule has 1 amide bonds. The van der Waals surface area contributed by atoms with Crippen molar-refractivity contribution in [3.8, 4) is 0 Å². The predicted octanol–water partition coefficient (Wildman–Crippen LogP) is 3.82. The minimum atomic E-state index is -0.945. The number of likely N-dealkylation sites (tertiary alicyclic amines) is 1. The van der Waals surface area contributed by atoms with Gasteiger partial charge < -0.3 is 19.3 Å². The minimum absolute atomic E-state index is 0.104. The number of anilines is 1. The van der Waals surface area contributed by atoms with Crippen LogP contribution >= 0.6 is 11.8 Å². The number of aromatic nitrogens is 1. The lowest BCUT2D eigenvalue weighted by molar-refractivity contribution is -0.169. The molecule has 3 aliphatic heterocycles. The second kappa shape index (κ2) is 8.76. The van der Waals surface area contributed by atoms with Crippen LogP contribution < -0.4 is 4.90 Å². The Morgan fingerprint density at radius 3 is 2.41 bits per heavy atom. The van der Waals surface area contributed by atoms with E-state index in [4.69, 9.17) is 9.47 Å². The Balaban J connectivity index is 1.51. The zero-order valence-electron chi connectivity index (χ0n) is 18.1. The predicted molar refractivity (Wildman–Crippen MR) is 120 cm³/mol. The molecule has 6 nitrogen and oxygen atoms in total. The Morgan fingerprint density at radius 1 is 1.09 bits per heavy atom. The molecule has 0 unspecified atom stereocenters. The number of hydrogen-bond donors (Lipinski definition) is 0. The molecule has 0 radical (unpaired) electrons.